The Morgan fingerprint density at radius 1 is 1.09 bits per heavy atom. The van der Waals surface area contributed by atoms with Crippen LogP contribution in [0.3, 0.4) is 0 Å². The molecular formula is C25H23N3O3S. The SMILES string of the molecule is CC(C)n1ccc(/C=C2/SC(=Nc3ccccc3)N(Cc3ccc(C(=O)O)cc3)C2=O)c1. The molecule has 3 aromatic rings. The minimum absolute atomic E-state index is 0.121. The first-order valence-corrected chi connectivity index (χ1v) is 11.1. The van der Waals surface area contributed by atoms with Gasteiger partial charge in [0, 0.05) is 18.4 Å². The van der Waals surface area contributed by atoms with Crippen molar-refractivity contribution in [3.05, 3.63) is 94.7 Å². The van der Waals surface area contributed by atoms with Crippen LogP contribution in [0.15, 0.2) is 83.0 Å². The molecule has 1 N–H and O–H groups in total. The highest BCUT2D eigenvalue weighted by molar-refractivity contribution is 8.18. The summed E-state index contributed by atoms with van der Waals surface area (Å²) in [5, 5.41) is 9.72. The van der Waals surface area contributed by atoms with E-state index in [0.29, 0.717) is 22.7 Å². The molecule has 1 aliphatic heterocycles. The van der Waals surface area contributed by atoms with Gasteiger partial charge in [-0.25, -0.2) is 9.79 Å². The number of amides is 1. The zero-order valence-electron chi connectivity index (χ0n) is 17.8. The van der Waals surface area contributed by atoms with Crippen LogP contribution in [-0.2, 0) is 11.3 Å². The van der Waals surface area contributed by atoms with Crippen LogP contribution in [0.2, 0.25) is 0 Å². The number of nitrogens with zero attached hydrogens (tertiary/aromatic N) is 3. The van der Waals surface area contributed by atoms with E-state index in [1.54, 1.807) is 29.2 Å². The first kappa shape index (κ1) is 21.6. The summed E-state index contributed by atoms with van der Waals surface area (Å²) in [5.74, 6) is -1.10. The van der Waals surface area contributed by atoms with Crippen molar-refractivity contribution in [2.75, 3.05) is 0 Å². The Bertz CT molecular complexity index is 1190. The molecule has 2 aromatic carbocycles. The van der Waals surface area contributed by atoms with Crippen molar-refractivity contribution in [1.82, 2.24) is 9.47 Å². The van der Waals surface area contributed by atoms with Crippen molar-refractivity contribution < 1.29 is 14.7 Å². The Hall–Kier alpha value is -3.58. The van der Waals surface area contributed by atoms with Crippen LogP contribution in [0.25, 0.3) is 6.08 Å². The molecule has 1 aromatic heterocycles. The molecule has 32 heavy (non-hydrogen) atoms. The lowest BCUT2D eigenvalue weighted by Crippen LogP contribution is -2.28. The average molecular weight is 446 g/mol. The standard InChI is InChI=1S/C25H23N3O3S/c1-17(2)27-13-12-19(15-27)14-22-23(29)28(16-18-8-10-20(11-9-18)24(30)31)25(32-22)26-21-6-4-3-5-7-21/h3-15,17H,16H2,1-2H3,(H,30,31)/b22-14+,26-25?. The molecule has 0 unspecified atom stereocenters. The summed E-state index contributed by atoms with van der Waals surface area (Å²) < 4.78 is 2.09. The number of aromatic nitrogens is 1. The third-order valence-electron chi connectivity index (χ3n) is 5.04. The summed E-state index contributed by atoms with van der Waals surface area (Å²) >= 11 is 1.35. The van der Waals surface area contributed by atoms with Gasteiger partial charge in [0.15, 0.2) is 5.17 Å². The lowest BCUT2D eigenvalue weighted by Gasteiger charge is -2.16. The fourth-order valence-corrected chi connectivity index (χ4v) is 4.27. The third-order valence-corrected chi connectivity index (χ3v) is 6.05. The van der Waals surface area contributed by atoms with Gasteiger partial charge < -0.3 is 9.67 Å². The van der Waals surface area contributed by atoms with Crippen molar-refractivity contribution >= 4 is 40.6 Å². The molecule has 0 radical (unpaired) electrons. The quantitative estimate of drug-likeness (QED) is 0.503. The number of hydrogen-bond acceptors (Lipinski definition) is 4. The minimum Gasteiger partial charge on any atom is -0.478 e. The molecule has 4 rings (SSSR count). The summed E-state index contributed by atoms with van der Waals surface area (Å²) in [7, 11) is 0. The third kappa shape index (κ3) is 4.84. The first-order chi connectivity index (χ1) is 15.4. The Kier molecular flexibility index (Phi) is 6.28. The molecule has 2 heterocycles. The Morgan fingerprint density at radius 3 is 2.44 bits per heavy atom. The number of benzene rings is 2. The molecule has 162 valence electrons. The van der Waals surface area contributed by atoms with Gasteiger partial charge in [-0.15, -0.1) is 0 Å². The summed E-state index contributed by atoms with van der Waals surface area (Å²) in [5.41, 5.74) is 2.77. The summed E-state index contributed by atoms with van der Waals surface area (Å²) in [6.45, 7) is 4.52. The molecule has 1 amide bonds. The molecule has 1 fully saturated rings. The van der Waals surface area contributed by atoms with Crippen molar-refractivity contribution in [3.63, 3.8) is 0 Å². The number of carbonyl (C=O) groups excluding carboxylic acids is 1. The zero-order chi connectivity index (χ0) is 22.7. The van der Waals surface area contributed by atoms with E-state index in [-0.39, 0.29) is 11.5 Å². The van der Waals surface area contributed by atoms with Gasteiger partial charge in [0.25, 0.3) is 5.91 Å². The molecule has 1 aliphatic rings. The first-order valence-electron chi connectivity index (χ1n) is 10.3. The number of carboxylic acids is 1. The molecule has 0 atom stereocenters. The van der Waals surface area contributed by atoms with E-state index in [1.165, 1.54) is 11.8 Å². The summed E-state index contributed by atoms with van der Waals surface area (Å²) in [4.78, 5) is 31.4. The van der Waals surface area contributed by atoms with Gasteiger partial charge in [-0.05, 0) is 73.1 Å². The number of amidine groups is 1. The maximum absolute atomic E-state index is 13.3. The van der Waals surface area contributed by atoms with Crippen LogP contribution in [-0.4, -0.2) is 31.6 Å². The number of thioether (sulfide) groups is 1. The van der Waals surface area contributed by atoms with Crippen LogP contribution in [0.1, 0.15) is 41.4 Å². The van der Waals surface area contributed by atoms with E-state index < -0.39 is 5.97 Å². The van der Waals surface area contributed by atoms with E-state index in [1.807, 2.05) is 54.9 Å². The number of hydrogen-bond donors (Lipinski definition) is 1. The van der Waals surface area contributed by atoms with Gasteiger partial charge in [0.05, 0.1) is 22.7 Å². The number of aliphatic imine (C=N–C) groups is 1. The van der Waals surface area contributed by atoms with Crippen LogP contribution in [0.5, 0.6) is 0 Å². The van der Waals surface area contributed by atoms with E-state index in [4.69, 9.17) is 10.1 Å². The number of carbonyl (C=O) groups is 2. The van der Waals surface area contributed by atoms with Crippen LogP contribution in [0.4, 0.5) is 5.69 Å². The van der Waals surface area contributed by atoms with Gasteiger partial charge in [-0.2, -0.15) is 0 Å². The van der Waals surface area contributed by atoms with Crippen LogP contribution < -0.4 is 0 Å². The lowest BCUT2D eigenvalue weighted by molar-refractivity contribution is -0.122. The predicted molar refractivity (Wildman–Crippen MR) is 128 cm³/mol. The smallest absolute Gasteiger partial charge is 0.335 e. The van der Waals surface area contributed by atoms with Crippen molar-refractivity contribution in [2.24, 2.45) is 4.99 Å². The Morgan fingerprint density at radius 2 is 1.81 bits per heavy atom. The highest BCUT2D eigenvalue weighted by Gasteiger charge is 2.33. The van der Waals surface area contributed by atoms with Gasteiger partial charge >= 0.3 is 5.97 Å². The normalized spacial score (nSPS) is 16.5. The minimum atomic E-state index is -0.978. The molecule has 6 nitrogen and oxygen atoms in total. The van der Waals surface area contributed by atoms with Gasteiger partial charge in [-0.3, -0.25) is 9.69 Å². The number of carboxylic acid groups (broad SMARTS) is 1. The van der Waals surface area contributed by atoms with E-state index in [9.17, 15) is 9.59 Å². The number of rotatable bonds is 6. The van der Waals surface area contributed by atoms with E-state index >= 15 is 0 Å². The second-order valence-electron chi connectivity index (χ2n) is 7.72. The number of para-hydroxylation sites is 1. The second kappa shape index (κ2) is 9.28. The Labute approximate surface area is 190 Å². The zero-order valence-corrected chi connectivity index (χ0v) is 18.6. The Balaban J connectivity index is 1.65. The number of aromatic carboxylic acids is 1. The summed E-state index contributed by atoms with van der Waals surface area (Å²) in [6, 6.07) is 18.4. The van der Waals surface area contributed by atoms with Crippen LogP contribution in [0, 0.1) is 0 Å². The molecule has 0 saturated carbocycles. The molecule has 0 aliphatic carbocycles. The highest BCUT2D eigenvalue weighted by atomic mass is 32.2. The molecule has 0 bridgehead atoms. The van der Waals surface area contributed by atoms with Crippen molar-refractivity contribution in [1.29, 1.82) is 0 Å². The van der Waals surface area contributed by atoms with Crippen LogP contribution >= 0.6 is 11.8 Å². The maximum atomic E-state index is 13.3. The predicted octanol–water partition coefficient (Wildman–Crippen LogP) is 5.57. The monoisotopic (exact) mass is 445 g/mol. The largest absolute Gasteiger partial charge is 0.478 e. The molecule has 0 spiro atoms. The van der Waals surface area contributed by atoms with Crippen molar-refractivity contribution in [3.8, 4) is 0 Å². The van der Waals surface area contributed by atoms with Gasteiger partial charge in [0.1, 0.15) is 0 Å². The van der Waals surface area contributed by atoms with Crippen molar-refractivity contribution in [2.45, 2.75) is 26.4 Å². The molecule has 1 saturated heterocycles. The summed E-state index contributed by atoms with van der Waals surface area (Å²) in [6.07, 6.45) is 5.91. The molecule has 7 heteroatoms. The van der Waals surface area contributed by atoms with E-state index in [0.717, 1.165) is 16.8 Å². The lowest BCUT2D eigenvalue weighted by atomic mass is 10.1. The van der Waals surface area contributed by atoms with E-state index in [2.05, 4.69) is 18.4 Å². The second-order valence-corrected chi connectivity index (χ2v) is 8.73. The van der Waals surface area contributed by atoms with Gasteiger partial charge in [-0.1, -0.05) is 30.3 Å². The van der Waals surface area contributed by atoms with Gasteiger partial charge in [0.2, 0.25) is 0 Å². The highest BCUT2D eigenvalue weighted by Crippen LogP contribution is 2.35. The molecular weight excluding hydrogens is 422 g/mol. The topological polar surface area (TPSA) is 74.9 Å². The fraction of sp³-hybridized carbons (Fsp3) is 0.160. The maximum Gasteiger partial charge on any atom is 0.335 e. The fourth-order valence-electron chi connectivity index (χ4n) is 3.27. The average Bonchev–Trinajstić information content (AvgIpc) is 3.36.